The Balaban J connectivity index is 2.08. The van der Waals surface area contributed by atoms with E-state index in [1.807, 2.05) is 13.8 Å². The highest BCUT2D eigenvalue weighted by Gasteiger charge is 2.42. The van der Waals surface area contributed by atoms with Gasteiger partial charge in [-0.1, -0.05) is 6.92 Å². The molecule has 1 amide bonds. The van der Waals surface area contributed by atoms with Crippen LogP contribution < -0.4 is 5.32 Å². The number of nitrogens with one attached hydrogen (secondary N) is 1. The number of ether oxygens (including phenoxy) is 1. The van der Waals surface area contributed by atoms with Crippen LogP contribution in [0.2, 0.25) is 0 Å². The summed E-state index contributed by atoms with van der Waals surface area (Å²) >= 11 is 0. The zero-order valence-corrected chi connectivity index (χ0v) is 11.9. The van der Waals surface area contributed by atoms with E-state index in [1.54, 1.807) is 7.11 Å². The normalized spacial score (nSPS) is 31.6. The van der Waals surface area contributed by atoms with Gasteiger partial charge in [0.15, 0.2) is 0 Å². The Kier molecular flexibility index (Phi) is 4.28. The number of carbonyl (C=O) groups is 1. The molecule has 2 heterocycles. The molecule has 3 unspecified atom stereocenters. The standard InChI is InChI=1S/C14H26N2O2/c1-4-14(2,18-3)13(17)16-10-6-8-12(16)11-7-5-9-15-11/h11-12,15H,4-10H2,1-3H3. The Morgan fingerprint density at radius 2 is 2.22 bits per heavy atom. The van der Waals surface area contributed by atoms with Gasteiger partial charge < -0.3 is 15.0 Å². The van der Waals surface area contributed by atoms with Crippen LogP contribution >= 0.6 is 0 Å². The maximum Gasteiger partial charge on any atom is 0.254 e. The van der Waals surface area contributed by atoms with E-state index in [2.05, 4.69) is 10.2 Å². The molecule has 4 heteroatoms. The fraction of sp³-hybridized carbons (Fsp3) is 0.929. The summed E-state index contributed by atoms with van der Waals surface area (Å²) in [7, 11) is 1.64. The van der Waals surface area contributed by atoms with Gasteiger partial charge in [-0.2, -0.15) is 0 Å². The summed E-state index contributed by atoms with van der Waals surface area (Å²) < 4.78 is 5.46. The minimum Gasteiger partial charge on any atom is -0.369 e. The summed E-state index contributed by atoms with van der Waals surface area (Å²) in [5.74, 6) is 0.170. The van der Waals surface area contributed by atoms with Crippen LogP contribution in [0.25, 0.3) is 0 Å². The summed E-state index contributed by atoms with van der Waals surface area (Å²) in [5.41, 5.74) is -0.652. The van der Waals surface area contributed by atoms with Crippen LogP contribution in [-0.2, 0) is 9.53 Å². The summed E-state index contributed by atoms with van der Waals surface area (Å²) in [6, 6.07) is 0.871. The van der Waals surface area contributed by atoms with Crippen molar-refractivity contribution in [2.24, 2.45) is 0 Å². The maximum absolute atomic E-state index is 12.7. The third-order valence-electron chi connectivity index (χ3n) is 4.70. The lowest BCUT2D eigenvalue weighted by Crippen LogP contribution is -2.54. The van der Waals surface area contributed by atoms with E-state index in [4.69, 9.17) is 4.74 Å². The number of likely N-dealkylation sites (tertiary alicyclic amines) is 1. The Bertz CT molecular complexity index is 296. The molecule has 2 rings (SSSR count). The Morgan fingerprint density at radius 3 is 2.78 bits per heavy atom. The summed E-state index contributed by atoms with van der Waals surface area (Å²) in [5, 5.41) is 3.54. The molecular formula is C14H26N2O2. The Labute approximate surface area is 110 Å². The molecule has 18 heavy (non-hydrogen) atoms. The van der Waals surface area contributed by atoms with Gasteiger partial charge >= 0.3 is 0 Å². The fourth-order valence-corrected chi connectivity index (χ4v) is 3.19. The molecule has 0 spiro atoms. The Hall–Kier alpha value is -0.610. The fourth-order valence-electron chi connectivity index (χ4n) is 3.19. The highest BCUT2D eigenvalue weighted by Crippen LogP contribution is 2.29. The van der Waals surface area contributed by atoms with Gasteiger partial charge in [0, 0.05) is 25.7 Å². The van der Waals surface area contributed by atoms with Gasteiger partial charge in [-0.15, -0.1) is 0 Å². The van der Waals surface area contributed by atoms with Crippen molar-refractivity contribution in [3.05, 3.63) is 0 Å². The molecule has 0 aromatic carbocycles. The summed E-state index contributed by atoms with van der Waals surface area (Å²) in [4.78, 5) is 14.7. The number of hydrogen-bond donors (Lipinski definition) is 1. The monoisotopic (exact) mass is 254 g/mol. The van der Waals surface area contributed by atoms with Crippen LogP contribution in [0.3, 0.4) is 0 Å². The molecular weight excluding hydrogens is 228 g/mol. The molecule has 0 aromatic heterocycles. The van der Waals surface area contributed by atoms with Crippen molar-refractivity contribution in [2.45, 2.75) is 63.6 Å². The first-order valence-corrected chi connectivity index (χ1v) is 7.22. The molecule has 0 bridgehead atoms. The molecule has 4 nitrogen and oxygen atoms in total. The van der Waals surface area contributed by atoms with Gasteiger partial charge in [0.2, 0.25) is 0 Å². The first kappa shape index (κ1) is 13.8. The third kappa shape index (κ3) is 2.41. The van der Waals surface area contributed by atoms with Crippen LogP contribution in [0.4, 0.5) is 0 Å². The summed E-state index contributed by atoms with van der Waals surface area (Å²) in [6.45, 7) is 5.91. The second kappa shape index (κ2) is 5.57. The van der Waals surface area contributed by atoms with Crippen molar-refractivity contribution < 1.29 is 9.53 Å². The van der Waals surface area contributed by atoms with E-state index in [-0.39, 0.29) is 5.91 Å². The van der Waals surface area contributed by atoms with Crippen LogP contribution in [-0.4, -0.2) is 48.7 Å². The molecule has 1 N–H and O–H groups in total. The van der Waals surface area contributed by atoms with Crippen LogP contribution in [0.5, 0.6) is 0 Å². The number of hydrogen-bond acceptors (Lipinski definition) is 3. The third-order valence-corrected chi connectivity index (χ3v) is 4.70. The molecule has 0 radical (unpaired) electrons. The highest BCUT2D eigenvalue weighted by atomic mass is 16.5. The lowest BCUT2D eigenvalue weighted by Gasteiger charge is -2.36. The van der Waals surface area contributed by atoms with E-state index in [1.165, 1.54) is 12.8 Å². The molecule has 2 aliphatic rings. The van der Waals surface area contributed by atoms with Crippen molar-refractivity contribution >= 4 is 5.91 Å². The first-order valence-electron chi connectivity index (χ1n) is 7.22. The maximum atomic E-state index is 12.7. The lowest BCUT2D eigenvalue weighted by atomic mass is 9.98. The van der Waals surface area contributed by atoms with Crippen molar-refractivity contribution in [1.82, 2.24) is 10.2 Å². The van der Waals surface area contributed by atoms with Crippen molar-refractivity contribution in [3.63, 3.8) is 0 Å². The molecule has 0 aromatic rings. The molecule has 3 atom stereocenters. The van der Waals surface area contributed by atoms with E-state index in [9.17, 15) is 4.79 Å². The molecule has 2 aliphatic heterocycles. The molecule has 104 valence electrons. The lowest BCUT2D eigenvalue weighted by molar-refractivity contribution is -0.154. The van der Waals surface area contributed by atoms with Crippen molar-refractivity contribution in [3.8, 4) is 0 Å². The minimum absolute atomic E-state index is 0.170. The molecule has 2 fully saturated rings. The second-order valence-electron chi connectivity index (χ2n) is 5.70. The molecule has 0 saturated carbocycles. The number of amides is 1. The minimum atomic E-state index is -0.652. The van der Waals surface area contributed by atoms with E-state index in [0.717, 1.165) is 32.4 Å². The second-order valence-corrected chi connectivity index (χ2v) is 5.70. The van der Waals surface area contributed by atoms with Gasteiger partial charge in [-0.25, -0.2) is 0 Å². The van der Waals surface area contributed by atoms with E-state index >= 15 is 0 Å². The van der Waals surface area contributed by atoms with Gasteiger partial charge in [-0.3, -0.25) is 4.79 Å². The number of methoxy groups -OCH3 is 1. The van der Waals surface area contributed by atoms with Crippen LogP contribution in [0, 0.1) is 0 Å². The van der Waals surface area contributed by atoms with Gasteiger partial charge in [0.25, 0.3) is 5.91 Å². The largest absolute Gasteiger partial charge is 0.369 e. The molecule has 0 aliphatic carbocycles. The predicted octanol–water partition coefficient (Wildman–Crippen LogP) is 1.54. The topological polar surface area (TPSA) is 41.6 Å². The summed E-state index contributed by atoms with van der Waals surface area (Å²) in [6.07, 6.45) is 5.41. The van der Waals surface area contributed by atoms with Gasteiger partial charge in [0.05, 0.1) is 0 Å². The first-order chi connectivity index (χ1) is 8.62. The SMILES string of the molecule is CCC(C)(OC)C(=O)N1CCCC1C1CCCN1. The zero-order chi connectivity index (χ0) is 13.2. The molecule has 2 saturated heterocycles. The van der Waals surface area contributed by atoms with E-state index in [0.29, 0.717) is 12.1 Å². The predicted molar refractivity (Wildman–Crippen MR) is 71.5 cm³/mol. The zero-order valence-electron chi connectivity index (χ0n) is 11.9. The average molecular weight is 254 g/mol. The number of carbonyl (C=O) groups excluding carboxylic acids is 1. The van der Waals surface area contributed by atoms with Crippen molar-refractivity contribution in [1.29, 1.82) is 0 Å². The number of nitrogens with zero attached hydrogens (tertiary/aromatic N) is 1. The van der Waals surface area contributed by atoms with Gasteiger partial charge in [0.1, 0.15) is 5.60 Å². The quantitative estimate of drug-likeness (QED) is 0.827. The van der Waals surface area contributed by atoms with Crippen molar-refractivity contribution in [2.75, 3.05) is 20.2 Å². The van der Waals surface area contributed by atoms with Gasteiger partial charge in [-0.05, 0) is 45.6 Å². The Morgan fingerprint density at radius 1 is 1.44 bits per heavy atom. The smallest absolute Gasteiger partial charge is 0.254 e. The van der Waals surface area contributed by atoms with E-state index < -0.39 is 5.60 Å². The van der Waals surface area contributed by atoms with Crippen LogP contribution in [0.15, 0.2) is 0 Å². The number of rotatable bonds is 4. The van der Waals surface area contributed by atoms with Crippen LogP contribution in [0.1, 0.15) is 46.0 Å². The highest BCUT2D eigenvalue weighted by molar-refractivity contribution is 5.85. The average Bonchev–Trinajstić information content (AvgIpc) is 3.06.